The third-order valence-corrected chi connectivity index (χ3v) is 10.5. The lowest BCUT2D eigenvalue weighted by Crippen LogP contribution is -2.25. The first-order valence-electron chi connectivity index (χ1n) is 13.0. The smallest absolute Gasteiger partial charge is 0.235 e. The van der Waals surface area contributed by atoms with Crippen molar-refractivity contribution in [3.63, 3.8) is 0 Å². The van der Waals surface area contributed by atoms with Crippen LogP contribution in [0.5, 0.6) is 0 Å². The number of nitrogens with zero attached hydrogens (tertiary/aromatic N) is 3. The second-order valence-corrected chi connectivity index (χ2v) is 12.3. The summed E-state index contributed by atoms with van der Waals surface area (Å²) >= 11 is 0. The van der Waals surface area contributed by atoms with Crippen molar-refractivity contribution >= 4 is 45.8 Å². The van der Waals surface area contributed by atoms with Crippen LogP contribution in [0.3, 0.4) is 0 Å². The molecule has 0 fully saturated rings. The third-order valence-electron chi connectivity index (χ3n) is 6.90. The number of hydrogen-bond acceptors (Lipinski definition) is 3. The highest BCUT2D eigenvalue weighted by atomic mass is 31.2. The van der Waals surface area contributed by atoms with E-state index >= 15 is 0 Å². The molecule has 6 aromatic rings. The zero-order valence-corrected chi connectivity index (χ0v) is 22.5. The van der Waals surface area contributed by atoms with Gasteiger partial charge in [0, 0.05) is 38.6 Å². The second-order valence-electron chi connectivity index (χ2n) is 9.27. The van der Waals surface area contributed by atoms with Gasteiger partial charge in [-0.05, 0) is 18.2 Å². The van der Waals surface area contributed by atoms with E-state index < -0.39 is 12.0 Å². The van der Waals surface area contributed by atoms with Gasteiger partial charge >= 0.3 is 0 Å². The summed E-state index contributed by atoms with van der Waals surface area (Å²) < 4.78 is 7.92. The van der Waals surface area contributed by atoms with Crippen molar-refractivity contribution in [2.24, 2.45) is 4.74 Å². The number of fused-ring (bicyclic) bond motifs is 1. The van der Waals surface area contributed by atoms with E-state index in [0.29, 0.717) is 11.4 Å². The Bertz CT molecular complexity index is 1760. The van der Waals surface area contributed by atoms with Gasteiger partial charge in [-0.2, -0.15) is 0 Å². The van der Waals surface area contributed by atoms with Gasteiger partial charge in [0.05, 0.1) is 17.5 Å². The number of rotatable bonds is 7. The number of benzene rings is 5. The van der Waals surface area contributed by atoms with E-state index in [1.165, 1.54) is 0 Å². The fourth-order valence-corrected chi connectivity index (χ4v) is 8.71. The summed E-state index contributed by atoms with van der Waals surface area (Å²) in [6.07, 6.45) is 2.58. The van der Waals surface area contributed by atoms with Crippen LogP contribution in [-0.2, 0) is 0 Å². The average Bonchev–Trinajstić information content (AvgIpc) is 3.33. The molecule has 194 valence electrons. The predicted molar refractivity (Wildman–Crippen MR) is 167 cm³/mol. The van der Waals surface area contributed by atoms with Gasteiger partial charge in [-0.1, -0.05) is 127 Å². The van der Waals surface area contributed by atoms with Crippen LogP contribution in [0.4, 0.5) is 5.82 Å². The third kappa shape index (κ3) is 4.57. The molecule has 0 aliphatic heterocycles. The molecular weight excluding hydrogens is 513 g/mol. The number of nitro groups is 1. The van der Waals surface area contributed by atoms with Crippen LogP contribution in [0.15, 0.2) is 157 Å². The standard InChI is InChI=1S/C34H26N3O2P/c38-36(39)26-25-32-31-23-13-14-24-33(31)37(27-15-5-1-6-16-27)34(32)35-40(28-17-7-2-8-18-28,29-19-9-3-10-20-29)30-21-11-4-12-22-30/h1-26H/b26-25+. The average molecular weight is 540 g/mol. The Morgan fingerprint density at radius 1 is 0.625 bits per heavy atom. The van der Waals surface area contributed by atoms with Crippen LogP contribution in [0.2, 0.25) is 0 Å². The quantitative estimate of drug-likeness (QED) is 0.119. The fourth-order valence-electron chi connectivity index (χ4n) is 5.18. The number of para-hydroxylation sites is 2. The molecule has 0 N–H and O–H groups in total. The highest BCUT2D eigenvalue weighted by molar-refractivity contribution is 7.87. The molecule has 0 amide bonds. The molecule has 0 saturated heterocycles. The highest BCUT2D eigenvalue weighted by Gasteiger charge is 2.29. The Balaban J connectivity index is 1.85. The Labute approximate surface area is 232 Å². The minimum atomic E-state index is -2.65. The minimum Gasteiger partial charge on any atom is -0.294 e. The van der Waals surface area contributed by atoms with Gasteiger partial charge in [-0.3, -0.25) is 14.7 Å². The Morgan fingerprint density at radius 2 is 1.07 bits per heavy atom. The maximum atomic E-state index is 11.5. The minimum absolute atomic E-state index is 0.424. The lowest BCUT2D eigenvalue weighted by Gasteiger charge is -2.27. The number of aromatic nitrogens is 1. The molecule has 0 unspecified atom stereocenters. The Kier molecular flexibility index (Phi) is 6.96. The van der Waals surface area contributed by atoms with E-state index in [9.17, 15) is 10.1 Å². The SMILES string of the molecule is O=[N+]([O-])/C=C/c1c(N=P(c2ccccc2)(c2ccccc2)c2ccccc2)n(-c2ccccc2)c2ccccc12. The van der Waals surface area contributed by atoms with Crippen LogP contribution < -0.4 is 15.9 Å². The van der Waals surface area contributed by atoms with E-state index in [2.05, 4.69) is 41.0 Å². The van der Waals surface area contributed by atoms with Crippen molar-refractivity contribution in [2.75, 3.05) is 0 Å². The van der Waals surface area contributed by atoms with Crippen LogP contribution in [0.1, 0.15) is 5.56 Å². The van der Waals surface area contributed by atoms with Crippen molar-refractivity contribution in [1.29, 1.82) is 0 Å². The number of hydrogen-bond donors (Lipinski definition) is 0. The Morgan fingerprint density at radius 3 is 1.57 bits per heavy atom. The molecule has 6 rings (SSSR count). The molecule has 1 heterocycles. The summed E-state index contributed by atoms with van der Waals surface area (Å²) in [5.74, 6) is 0.676. The van der Waals surface area contributed by atoms with Crippen LogP contribution >= 0.6 is 7.05 Å². The molecular formula is C34H26N3O2P. The summed E-state index contributed by atoms with van der Waals surface area (Å²) in [4.78, 5) is 11.1. The van der Waals surface area contributed by atoms with Crippen molar-refractivity contribution in [2.45, 2.75) is 0 Å². The maximum Gasteiger partial charge on any atom is 0.235 e. The first-order chi connectivity index (χ1) is 19.7. The normalized spacial score (nSPS) is 11.6. The van der Waals surface area contributed by atoms with Crippen molar-refractivity contribution in [3.8, 4) is 5.69 Å². The van der Waals surface area contributed by atoms with Gasteiger partial charge < -0.3 is 0 Å². The topological polar surface area (TPSA) is 60.4 Å². The van der Waals surface area contributed by atoms with Gasteiger partial charge in [0.1, 0.15) is 5.82 Å². The summed E-state index contributed by atoms with van der Waals surface area (Å²) in [6, 6.07) is 49.2. The molecule has 0 spiro atoms. The lowest BCUT2D eigenvalue weighted by molar-refractivity contribution is -0.400. The maximum absolute atomic E-state index is 11.5. The van der Waals surface area contributed by atoms with Crippen molar-refractivity contribution in [1.82, 2.24) is 4.57 Å². The largest absolute Gasteiger partial charge is 0.294 e. The first kappa shape index (κ1) is 25.3. The van der Waals surface area contributed by atoms with Gasteiger partial charge in [-0.15, -0.1) is 0 Å². The molecule has 0 aliphatic carbocycles. The summed E-state index contributed by atoms with van der Waals surface area (Å²) in [7, 11) is -2.65. The van der Waals surface area contributed by atoms with Crippen molar-refractivity contribution < 1.29 is 4.92 Å². The fraction of sp³-hybridized carbons (Fsp3) is 0. The highest BCUT2D eigenvalue weighted by Crippen LogP contribution is 2.51. The van der Waals surface area contributed by atoms with E-state index in [0.717, 1.165) is 38.7 Å². The lowest BCUT2D eigenvalue weighted by atomic mass is 10.1. The van der Waals surface area contributed by atoms with Crippen LogP contribution in [-0.4, -0.2) is 9.49 Å². The summed E-state index contributed by atoms with van der Waals surface area (Å²) in [6.45, 7) is 0. The summed E-state index contributed by atoms with van der Waals surface area (Å²) in [5.41, 5.74) is 2.58. The molecule has 5 aromatic carbocycles. The monoisotopic (exact) mass is 539 g/mol. The van der Waals surface area contributed by atoms with E-state index in [-0.39, 0.29) is 0 Å². The zero-order chi connectivity index (χ0) is 27.4. The van der Waals surface area contributed by atoms with Gasteiger partial charge in [-0.25, -0.2) is 4.74 Å². The zero-order valence-electron chi connectivity index (χ0n) is 21.6. The van der Waals surface area contributed by atoms with E-state index in [1.807, 2.05) is 109 Å². The van der Waals surface area contributed by atoms with E-state index in [4.69, 9.17) is 4.74 Å². The summed E-state index contributed by atoms with van der Waals surface area (Å²) in [5, 5.41) is 15.7. The van der Waals surface area contributed by atoms with Gasteiger partial charge in [0.25, 0.3) is 0 Å². The van der Waals surface area contributed by atoms with Gasteiger partial charge in [0.15, 0.2) is 0 Å². The molecule has 6 heteroatoms. The predicted octanol–water partition coefficient (Wildman–Crippen LogP) is 7.69. The molecule has 40 heavy (non-hydrogen) atoms. The molecule has 5 nitrogen and oxygen atoms in total. The first-order valence-corrected chi connectivity index (χ1v) is 14.7. The molecule has 1 aromatic heterocycles. The molecule has 0 bridgehead atoms. The van der Waals surface area contributed by atoms with Crippen LogP contribution in [0.25, 0.3) is 22.7 Å². The van der Waals surface area contributed by atoms with Crippen molar-refractivity contribution in [3.05, 3.63) is 167 Å². The Hall–Kier alpha value is -4.99. The molecule has 0 atom stereocenters. The molecule has 0 saturated carbocycles. The van der Waals surface area contributed by atoms with Crippen LogP contribution in [0, 0.1) is 10.1 Å². The molecule has 0 aliphatic rings. The second kappa shape index (κ2) is 11.0. The molecule has 0 radical (unpaired) electrons. The van der Waals surface area contributed by atoms with E-state index in [1.54, 1.807) is 6.08 Å². The van der Waals surface area contributed by atoms with Gasteiger partial charge in [0.2, 0.25) is 6.20 Å².